The van der Waals surface area contributed by atoms with Gasteiger partial charge in [0.1, 0.15) is 11.5 Å². The van der Waals surface area contributed by atoms with Crippen LogP contribution < -0.4 is 0 Å². The van der Waals surface area contributed by atoms with E-state index in [1.165, 1.54) is 6.42 Å². The average Bonchev–Trinajstić information content (AvgIpc) is 3.16. The number of amides is 1. The first-order chi connectivity index (χ1) is 15.0. The summed E-state index contributed by atoms with van der Waals surface area (Å²) in [6.45, 7) is 11.2. The van der Waals surface area contributed by atoms with E-state index in [9.17, 15) is 4.79 Å². The minimum absolute atomic E-state index is 0.0263. The predicted octanol–water partition coefficient (Wildman–Crippen LogP) is 4.77. The van der Waals surface area contributed by atoms with Crippen LogP contribution in [0.15, 0.2) is 30.3 Å². The standard InChI is InChI=1S/C25H33N5O/c1-5-28(17-21-18(3)27-30(6-2)19(21)4)25(31)23-22-15-11-8-12-16-29(22)24(26-23)20-13-9-7-10-14-20/h7,9-10,13-14H,5-6,8,11-12,15-17H2,1-4H3. The summed E-state index contributed by atoms with van der Waals surface area (Å²) in [4.78, 5) is 20.6. The largest absolute Gasteiger partial charge is 0.333 e. The zero-order valence-corrected chi connectivity index (χ0v) is 19.2. The van der Waals surface area contributed by atoms with Gasteiger partial charge in [-0.05, 0) is 47.0 Å². The molecule has 6 nitrogen and oxygen atoms in total. The van der Waals surface area contributed by atoms with Gasteiger partial charge >= 0.3 is 0 Å². The molecule has 0 spiro atoms. The van der Waals surface area contributed by atoms with Gasteiger partial charge in [0.2, 0.25) is 0 Å². The highest BCUT2D eigenvalue weighted by molar-refractivity contribution is 5.94. The number of carbonyl (C=O) groups excluding carboxylic acids is 1. The number of aromatic nitrogens is 4. The summed E-state index contributed by atoms with van der Waals surface area (Å²) < 4.78 is 4.30. The molecule has 0 bridgehead atoms. The first-order valence-corrected chi connectivity index (χ1v) is 11.5. The molecular formula is C25H33N5O. The second-order valence-corrected chi connectivity index (χ2v) is 8.34. The SMILES string of the molecule is CCN(Cc1c(C)nn(CC)c1C)C(=O)c1nc(-c2ccccc2)n2c1CCCCC2. The van der Waals surface area contributed by atoms with Crippen molar-refractivity contribution in [1.29, 1.82) is 0 Å². The molecule has 6 heteroatoms. The van der Waals surface area contributed by atoms with Crippen molar-refractivity contribution < 1.29 is 4.79 Å². The van der Waals surface area contributed by atoms with E-state index in [0.717, 1.165) is 66.4 Å². The van der Waals surface area contributed by atoms with Gasteiger partial charge in [-0.15, -0.1) is 0 Å². The monoisotopic (exact) mass is 419 g/mol. The van der Waals surface area contributed by atoms with Crippen molar-refractivity contribution in [2.45, 2.75) is 73.0 Å². The third-order valence-corrected chi connectivity index (χ3v) is 6.45. The Balaban J connectivity index is 1.72. The minimum atomic E-state index is 0.0263. The molecule has 0 fully saturated rings. The summed E-state index contributed by atoms with van der Waals surface area (Å²) in [7, 11) is 0. The fourth-order valence-corrected chi connectivity index (χ4v) is 4.64. The van der Waals surface area contributed by atoms with Crippen molar-refractivity contribution in [3.05, 3.63) is 58.7 Å². The zero-order chi connectivity index (χ0) is 22.0. The van der Waals surface area contributed by atoms with E-state index in [1.54, 1.807) is 0 Å². The van der Waals surface area contributed by atoms with Crippen LogP contribution in [-0.4, -0.2) is 36.7 Å². The van der Waals surface area contributed by atoms with Crippen LogP contribution in [0.25, 0.3) is 11.4 Å². The summed E-state index contributed by atoms with van der Waals surface area (Å²) in [6, 6.07) is 10.2. The minimum Gasteiger partial charge on any atom is -0.333 e. The maximum atomic E-state index is 13.7. The van der Waals surface area contributed by atoms with Crippen LogP contribution in [-0.2, 0) is 26.1 Å². The van der Waals surface area contributed by atoms with E-state index < -0.39 is 0 Å². The van der Waals surface area contributed by atoms with Crippen molar-refractivity contribution in [2.75, 3.05) is 6.54 Å². The van der Waals surface area contributed by atoms with Crippen LogP contribution in [0.4, 0.5) is 0 Å². The van der Waals surface area contributed by atoms with E-state index in [-0.39, 0.29) is 5.91 Å². The smallest absolute Gasteiger partial charge is 0.274 e. The number of hydrogen-bond acceptors (Lipinski definition) is 3. The van der Waals surface area contributed by atoms with Crippen molar-refractivity contribution in [1.82, 2.24) is 24.2 Å². The number of hydrogen-bond donors (Lipinski definition) is 0. The van der Waals surface area contributed by atoms with Crippen molar-refractivity contribution in [3.8, 4) is 11.4 Å². The molecule has 1 aromatic carbocycles. The van der Waals surface area contributed by atoms with Gasteiger partial charge in [-0.3, -0.25) is 9.48 Å². The fourth-order valence-electron chi connectivity index (χ4n) is 4.64. The summed E-state index contributed by atoms with van der Waals surface area (Å²) >= 11 is 0. The second kappa shape index (κ2) is 9.08. The summed E-state index contributed by atoms with van der Waals surface area (Å²) in [6.07, 6.45) is 4.33. The van der Waals surface area contributed by atoms with Crippen LogP contribution in [0.3, 0.4) is 0 Å². The van der Waals surface area contributed by atoms with Crippen molar-refractivity contribution in [3.63, 3.8) is 0 Å². The van der Waals surface area contributed by atoms with Gasteiger partial charge in [-0.1, -0.05) is 36.8 Å². The molecule has 2 aromatic heterocycles. The molecule has 1 aliphatic heterocycles. The lowest BCUT2D eigenvalue weighted by molar-refractivity contribution is 0.0745. The molecule has 0 saturated carbocycles. The Hall–Kier alpha value is -2.89. The molecular weight excluding hydrogens is 386 g/mol. The van der Waals surface area contributed by atoms with Crippen LogP contribution in [0.2, 0.25) is 0 Å². The summed E-state index contributed by atoms with van der Waals surface area (Å²) in [5, 5.41) is 4.63. The number of carbonyl (C=O) groups is 1. The molecule has 164 valence electrons. The first kappa shape index (κ1) is 21.3. The molecule has 1 aliphatic rings. The third-order valence-electron chi connectivity index (χ3n) is 6.45. The fraction of sp³-hybridized carbons (Fsp3) is 0.480. The molecule has 0 aliphatic carbocycles. The predicted molar refractivity (Wildman–Crippen MR) is 123 cm³/mol. The van der Waals surface area contributed by atoms with Gasteiger partial charge in [0, 0.05) is 43.0 Å². The van der Waals surface area contributed by atoms with E-state index in [1.807, 2.05) is 41.6 Å². The quantitative estimate of drug-likeness (QED) is 0.578. The van der Waals surface area contributed by atoms with Crippen LogP contribution >= 0.6 is 0 Å². The molecule has 3 heterocycles. The zero-order valence-electron chi connectivity index (χ0n) is 19.2. The van der Waals surface area contributed by atoms with E-state index in [4.69, 9.17) is 4.98 Å². The third kappa shape index (κ3) is 4.03. The van der Waals surface area contributed by atoms with E-state index in [0.29, 0.717) is 18.8 Å². The number of fused-ring (bicyclic) bond motifs is 1. The number of nitrogens with zero attached hydrogens (tertiary/aromatic N) is 5. The van der Waals surface area contributed by atoms with Gasteiger partial charge in [-0.25, -0.2) is 4.98 Å². The number of rotatable bonds is 6. The van der Waals surface area contributed by atoms with Gasteiger partial charge in [0.15, 0.2) is 0 Å². The van der Waals surface area contributed by atoms with Crippen molar-refractivity contribution >= 4 is 5.91 Å². The Labute approximate surface area is 184 Å². The van der Waals surface area contributed by atoms with Crippen LogP contribution in [0.1, 0.15) is 66.2 Å². The van der Waals surface area contributed by atoms with Gasteiger partial charge in [-0.2, -0.15) is 5.10 Å². The first-order valence-electron chi connectivity index (χ1n) is 11.5. The lowest BCUT2D eigenvalue weighted by Gasteiger charge is -2.21. The Bertz CT molecular complexity index is 1060. The highest BCUT2D eigenvalue weighted by atomic mass is 16.2. The van der Waals surface area contributed by atoms with Crippen molar-refractivity contribution in [2.24, 2.45) is 0 Å². The number of imidazole rings is 1. The Kier molecular flexibility index (Phi) is 6.25. The lowest BCUT2D eigenvalue weighted by atomic mass is 10.1. The van der Waals surface area contributed by atoms with Gasteiger partial charge in [0.05, 0.1) is 11.4 Å². The summed E-state index contributed by atoms with van der Waals surface area (Å²) in [5.74, 6) is 0.946. The Morgan fingerprint density at radius 2 is 1.87 bits per heavy atom. The van der Waals surface area contributed by atoms with Crippen LogP contribution in [0, 0.1) is 13.8 Å². The molecule has 1 amide bonds. The molecule has 0 unspecified atom stereocenters. The number of aryl methyl sites for hydroxylation is 2. The molecule has 3 aromatic rings. The molecule has 31 heavy (non-hydrogen) atoms. The normalized spacial score (nSPS) is 13.7. The van der Waals surface area contributed by atoms with Gasteiger partial charge < -0.3 is 9.47 Å². The molecule has 4 rings (SSSR count). The number of benzene rings is 1. The maximum absolute atomic E-state index is 13.7. The average molecular weight is 420 g/mol. The summed E-state index contributed by atoms with van der Waals surface area (Å²) in [5.41, 5.74) is 6.08. The van der Waals surface area contributed by atoms with Gasteiger partial charge in [0.25, 0.3) is 5.91 Å². The van der Waals surface area contributed by atoms with E-state index in [2.05, 4.69) is 35.6 Å². The lowest BCUT2D eigenvalue weighted by Crippen LogP contribution is -2.32. The topological polar surface area (TPSA) is 56.0 Å². The second-order valence-electron chi connectivity index (χ2n) is 8.34. The van der Waals surface area contributed by atoms with Crippen LogP contribution in [0.5, 0.6) is 0 Å². The highest BCUT2D eigenvalue weighted by Crippen LogP contribution is 2.28. The molecule has 0 saturated heterocycles. The maximum Gasteiger partial charge on any atom is 0.274 e. The Morgan fingerprint density at radius 1 is 1.10 bits per heavy atom. The molecule has 0 N–H and O–H groups in total. The molecule has 0 atom stereocenters. The highest BCUT2D eigenvalue weighted by Gasteiger charge is 2.28. The molecule has 0 radical (unpaired) electrons. The van der Waals surface area contributed by atoms with E-state index >= 15 is 0 Å². The Morgan fingerprint density at radius 3 is 2.55 bits per heavy atom.